The first kappa shape index (κ1) is 27.7. The number of aryl methyl sites for hydroxylation is 2. The highest BCUT2D eigenvalue weighted by Gasteiger charge is 2.27. The van der Waals surface area contributed by atoms with Crippen molar-refractivity contribution in [2.24, 2.45) is 5.10 Å². The van der Waals surface area contributed by atoms with Gasteiger partial charge in [0.25, 0.3) is 15.9 Å². The summed E-state index contributed by atoms with van der Waals surface area (Å²) in [6.45, 7) is 7.93. The van der Waals surface area contributed by atoms with Crippen molar-refractivity contribution >= 4 is 27.8 Å². The molecular formula is C30H32N4O4S. The second-order valence-electron chi connectivity index (χ2n) is 9.04. The average molecular weight is 545 g/mol. The van der Waals surface area contributed by atoms with Crippen molar-refractivity contribution in [2.75, 3.05) is 17.5 Å². The van der Waals surface area contributed by atoms with Gasteiger partial charge in [-0.3, -0.25) is 9.10 Å². The first-order valence-electron chi connectivity index (χ1n) is 12.6. The third-order valence-corrected chi connectivity index (χ3v) is 8.00. The molecule has 1 aromatic heterocycles. The van der Waals surface area contributed by atoms with Crippen molar-refractivity contribution < 1.29 is 17.9 Å². The molecular weight excluding hydrogens is 512 g/mol. The van der Waals surface area contributed by atoms with Crippen molar-refractivity contribution in [3.8, 4) is 11.4 Å². The Bertz CT molecular complexity index is 1560. The number of benzene rings is 3. The summed E-state index contributed by atoms with van der Waals surface area (Å²) in [5.74, 6) is 0.0302. The maximum atomic E-state index is 13.5. The van der Waals surface area contributed by atoms with E-state index in [1.165, 1.54) is 17.7 Å². The second-order valence-corrected chi connectivity index (χ2v) is 10.9. The van der Waals surface area contributed by atoms with Crippen molar-refractivity contribution in [1.29, 1.82) is 0 Å². The van der Waals surface area contributed by atoms with Gasteiger partial charge in [0.05, 0.1) is 23.4 Å². The fraction of sp³-hybridized carbons (Fsp3) is 0.200. The zero-order valence-corrected chi connectivity index (χ0v) is 23.3. The number of nitrogens with one attached hydrogen (secondary N) is 1. The van der Waals surface area contributed by atoms with Gasteiger partial charge in [-0.1, -0.05) is 35.9 Å². The average Bonchev–Trinajstić information content (AvgIpc) is 3.21. The molecule has 0 bridgehead atoms. The molecule has 4 rings (SSSR count). The van der Waals surface area contributed by atoms with Crippen LogP contribution in [0.1, 0.15) is 29.4 Å². The fourth-order valence-corrected chi connectivity index (χ4v) is 5.70. The largest absolute Gasteiger partial charge is 0.494 e. The lowest BCUT2D eigenvalue weighted by Gasteiger charge is -2.24. The van der Waals surface area contributed by atoms with Crippen LogP contribution in [0.2, 0.25) is 0 Å². The molecule has 1 N–H and O–H groups in total. The molecule has 0 aliphatic carbocycles. The lowest BCUT2D eigenvalue weighted by Crippen LogP contribution is -2.39. The Balaban J connectivity index is 1.54. The Hall–Kier alpha value is -4.37. The minimum Gasteiger partial charge on any atom is -0.494 e. The van der Waals surface area contributed by atoms with Crippen LogP contribution in [-0.4, -0.2) is 38.3 Å². The quantitative estimate of drug-likeness (QED) is 0.221. The monoisotopic (exact) mass is 544 g/mol. The number of amides is 1. The molecule has 202 valence electrons. The smallest absolute Gasteiger partial charge is 0.264 e. The summed E-state index contributed by atoms with van der Waals surface area (Å²) < 4.78 is 35.6. The van der Waals surface area contributed by atoms with E-state index in [2.05, 4.69) is 39.4 Å². The van der Waals surface area contributed by atoms with Gasteiger partial charge in [0, 0.05) is 22.6 Å². The first-order valence-corrected chi connectivity index (χ1v) is 14.0. The van der Waals surface area contributed by atoms with Crippen LogP contribution < -0.4 is 14.5 Å². The molecule has 3 aromatic carbocycles. The van der Waals surface area contributed by atoms with E-state index in [4.69, 9.17) is 4.74 Å². The van der Waals surface area contributed by atoms with Crippen LogP contribution in [-0.2, 0) is 14.8 Å². The normalized spacial score (nSPS) is 11.5. The molecule has 0 aliphatic rings. The van der Waals surface area contributed by atoms with E-state index in [9.17, 15) is 13.2 Å². The van der Waals surface area contributed by atoms with Gasteiger partial charge in [0.2, 0.25) is 0 Å². The molecule has 0 unspecified atom stereocenters. The Morgan fingerprint density at radius 3 is 2.28 bits per heavy atom. The van der Waals surface area contributed by atoms with Crippen LogP contribution in [0.5, 0.6) is 5.75 Å². The topological polar surface area (TPSA) is 93.0 Å². The van der Waals surface area contributed by atoms with Crippen LogP contribution in [0.3, 0.4) is 0 Å². The van der Waals surface area contributed by atoms with Gasteiger partial charge in [-0.2, -0.15) is 5.10 Å². The predicted octanol–water partition coefficient (Wildman–Crippen LogP) is 5.15. The van der Waals surface area contributed by atoms with E-state index in [-0.39, 0.29) is 4.90 Å². The van der Waals surface area contributed by atoms with Gasteiger partial charge in [-0.15, -0.1) is 0 Å². The molecule has 0 saturated heterocycles. The molecule has 39 heavy (non-hydrogen) atoms. The number of hydrogen-bond acceptors (Lipinski definition) is 5. The molecule has 0 saturated carbocycles. The van der Waals surface area contributed by atoms with E-state index in [0.717, 1.165) is 26.9 Å². The summed E-state index contributed by atoms with van der Waals surface area (Å²) in [6.07, 6.45) is 1.57. The summed E-state index contributed by atoms with van der Waals surface area (Å²) >= 11 is 0. The molecule has 0 spiro atoms. The van der Waals surface area contributed by atoms with Crippen molar-refractivity contribution in [1.82, 2.24) is 9.99 Å². The molecule has 8 nitrogen and oxygen atoms in total. The minimum absolute atomic E-state index is 0.0822. The summed E-state index contributed by atoms with van der Waals surface area (Å²) in [4.78, 5) is 13.0. The minimum atomic E-state index is -4.02. The molecule has 1 amide bonds. The van der Waals surface area contributed by atoms with E-state index in [1.807, 2.05) is 33.8 Å². The number of carbonyl (C=O) groups is 1. The van der Waals surface area contributed by atoms with Crippen LogP contribution in [0, 0.1) is 20.8 Å². The van der Waals surface area contributed by atoms with Gasteiger partial charge in [-0.05, 0) is 82.3 Å². The number of carbonyl (C=O) groups excluding carboxylic acids is 1. The third kappa shape index (κ3) is 6.38. The van der Waals surface area contributed by atoms with Crippen LogP contribution in [0.4, 0.5) is 5.69 Å². The summed E-state index contributed by atoms with van der Waals surface area (Å²) in [5, 5.41) is 4.13. The SMILES string of the molecule is CCOc1ccc(N(CC(=O)N/N=C\c2cc(C)n(-c3ccc(C)cc3)c2C)S(=O)(=O)c2ccccc2)cc1. The molecule has 1 heterocycles. The summed E-state index contributed by atoms with van der Waals surface area (Å²) in [5.41, 5.74) is 7.87. The number of hydrazone groups is 1. The molecule has 0 atom stereocenters. The van der Waals surface area contributed by atoms with E-state index in [0.29, 0.717) is 18.0 Å². The fourth-order valence-electron chi connectivity index (χ4n) is 4.26. The maximum absolute atomic E-state index is 13.5. The third-order valence-electron chi connectivity index (χ3n) is 6.21. The van der Waals surface area contributed by atoms with E-state index >= 15 is 0 Å². The maximum Gasteiger partial charge on any atom is 0.264 e. The number of anilines is 1. The van der Waals surface area contributed by atoms with Crippen LogP contribution >= 0.6 is 0 Å². The summed E-state index contributed by atoms with van der Waals surface area (Å²) in [7, 11) is -4.02. The van der Waals surface area contributed by atoms with E-state index in [1.54, 1.807) is 48.7 Å². The number of sulfonamides is 1. The number of aromatic nitrogens is 1. The molecule has 0 radical (unpaired) electrons. The Labute approximate surface area is 229 Å². The number of hydrogen-bond donors (Lipinski definition) is 1. The standard InChI is InChI=1S/C30H32N4O4S/c1-5-38-28-17-15-26(16-18-28)33(39(36,37)29-9-7-6-8-10-29)21-30(35)32-31-20-25-19-23(3)34(24(25)4)27-13-11-22(2)12-14-27/h6-20H,5,21H2,1-4H3,(H,32,35)/b31-20-. The molecule has 0 fully saturated rings. The lowest BCUT2D eigenvalue weighted by molar-refractivity contribution is -0.119. The number of ether oxygens (including phenoxy) is 1. The molecule has 4 aromatic rings. The zero-order valence-electron chi connectivity index (χ0n) is 22.5. The highest BCUT2D eigenvalue weighted by atomic mass is 32.2. The number of nitrogens with zero attached hydrogens (tertiary/aromatic N) is 3. The van der Waals surface area contributed by atoms with Crippen molar-refractivity contribution in [3.63, 3.8) is 0 Å². The Kier molecular flexibility index (Phi) is 8.51. The van der Waals surface area contributed by atoms with Gasteiger partial charge < -0.3 is 9.30 Å². The zero-order chi connectivity index (χ0) is 28.0. The lowest BCUT2D eigenvalue weighted by atomic mass is 10.2. The first-order chi connectivity index (χ1) is 18.7. The Morgan fingerprint density at radius 1 is 0.974 bits per heavy atom. The highest BCUT2D eigenvalue weighted by Crippen LogP contribution is 2.26. The van der Waals surface area contributed by atoms with Gasteiger partial charge >= 0.3 is 0 Å². The van der Waals surface area contributed by atoms with Crippen molar-refractivity contribution in [2.45, 2.75) is 32.6 Å². The van der Waals surface area contributed by atoms with Crippen molar-refractivity contribution in [3.05, 3.63) is 107 Å². The van der Waals surface area contributed by atoms with E-state index < -0.39 is 22.5 Å². The second kappa shape index (κ2) is 12.0. The van der Waals surface area contributed by atoms with Gasteiger partial charge in [0.1, 0.15) is 12.3 Å². The number of rotatable bonds is 10. The van der Waals surface area contributed by atoms with Crippen LogP contribution in [0.25, 0.3) is 5.69 Å². The highest BCUT2D eigenvalue weighted by molar-refractivity contribution is 7.92. The molecule has 0 aliphatic heterocycles. The van der Waals surface area contributed by atoms with Gasteiger partial charge in [0.15, 0.2) is 0 Å². The van der Waals surface area contributed by atoms with Crippen LogP contribution in [0.15, 0.2) is 94.9 Å². The summed E-state index contributed by atoms with van der Waals surface area (Å²) in [6, 6.07) is 24.8. The Morgan fingerprint density at radius 2 is 1.64 bits per heavy atom. The predicted molar refractivity (Wildman–Crippen MR) is 154 cm³/mol. The van der Waals surface area contributed by atoms with Gasteiger partial charge in [-0.25, -0.2) is 13.8 Å². The molecule has 9 heteroatoms.